The van der Waals surface area contributed by atoms with Crippen LogP contribution in [0.15, 0.2) is 0 Å². The fourth-order valence-corrected chi connectivity index (χ4v) is 8.61. The summed E-state index contributed by atoms with van der Waals surface area (Å²) in [5, 5.41) is 135. The number of aliphatic hydroxyl groups excluding tert-OH is 12. The van der Waals surface area contributed by atoms with Gasteiger partial charge in [0.1, 0.15) is 79.3 Å². The van der Waals surface area contributed by atoms with E-state index in [0.29, 0.717) is 11.5 Å². The summed E-state index contributed by atoms with van der Waals surface area (Å²) in [6.45, 7) is -6.56. The molecule has 4 heterocycles. The van der Waals surface area contributed by atoms with Crippen LogP contribution in [-0.4, -0.2) is 315 Å². The lowest BCUT2D eigenvalue weighted by Gasteiger charge is -2.39. The van der Waals surface area contributed by atoms with Crippen molar-refractivity contribution in [3.63, 3.8) is 0 Å². The topological polar surface area (TPSA) is 540 Å². The van der Waals surface area contributed by atoms with Crippen LogP contribution in [0.3, 0.4) is 0 Å². The third-order valence-electron chi connectivity index (χ3n) is 13.3. The van der Waals surface area contributed by atoms with Crippen LogP contribution in [0.25, 0.3) is 0 Å². The van der Waals surface area contributed by atoms with E-state index in [-0.39, 0.29) is 103 Å². The summed E-state index contributed by atoms with van der Waals surface area (Å²) in [5.41, 5.74) is 0. The van der Waals surface area contributed by atoms with Crippen LogP contribution >= 0.6 is 0 Å². The molecule has 0 aromatic heterocycles. The third-order valence-corrected chi connectivity index (χ3v) is 13.3. The van der Waals surface area contributed by atoms with E-state index in [9.17, 15) is 104 Å². The summed E-state index contributed by atoms with van der Waals surface area (Å²) in [4.78, 5) is 120. The third kappa shape index (κ3) is 22.8. The molecule has 16 atom stereocenters. The molecule has 0 bridgehead atoms. The van der Waals surface area contributed by atoms with Crippen molar-refractivity contribution in [1.82, 2.24) is 41.9 Å². The van der Waals surface area contributed by atoms with Gasteiger partial charge in [-0.25, -0.2) is 4.79 Å². The van der Waals surface area contributed by atoms with Gasteiger partial charge in [-0.1, -0.05) is 0 Å². The lowest BCUT2D eigenvalue weighted by atomic mass is 9.99. The van der Waals surface area contributed by atoms with Crippen molar-refractivity contribution in [2.45, 2.75) is 156 Å². The number of hydroxylamine groups is 2. The summed E-state index contributed by atoms with van der Waals surface area (Å²) in [7, 11) is 0. The Morgan fingerprint density at radius 1 is 0.488 bits per heavy atom. The molecule has 84 heavy (non-hydrogen) atoms. The quantitative estimate of drug-likeness (QED) is 0.0205. The first kappa shape index (κ1) is 71.2. The van der Waals surface area contributed by atoms with Crippen LogP contribution in [-0.2, 0) is 76.4 Å². The summed E-state index contributed by atoms with van der Waals surface area (Å²) < 4.78 is 32.0. The average Bonchev–Trinajstić information content (AvgIpc) is 3.87. The molecule has 36 nitrogen and oxygen atoms in total. The molecule has 36 heteroatoms. The second kappa shape index (κ2) is 36.6. The Morgan fingerprint density at radius 3 is 1.33 bits per heavy atom. The van der Waals surface area contributed by atoms with Crippen LogP contribution in [0, 0.1) is 0 Å². The number of carbonyl (C=O) groups excluding carboxylic acids is 9. The van der Waals surface area contributed by atoms with Crippen LogP contribution in [0.2, 0.25) is 0 Å². The van der Waals surface area contributed by atoms with Gasteiger partial charge < -0.3 is 126 Å². The molecule has 0 aliphatic carbocycles. The fourth-order valence-electron chi connectivity index (χ4n) is 8.61. The van der Waals surface area contributed by atoms with Gasteiger partial charge in [0.2, 0.25) is 35.4 Å². The van der Waals surface area contributed by atoms with Gasteiger partial charge >= 0.3 is 5.97 Å². The van der Waals surface area contributed by atoms with Crippen molar-refractivity contribution >= 4 is 53.2 Å². The maximum absolute atomic E-state index is 13.5. The van der Waals surface area contributed by atoms with Crippen molar-refractivity contribution in [3.05, 3.63) is 0 Å². The number of nitrogens with one attached hydrogen (secondary N) is 6. The van der Waals surface area contributed by atoms with E-state index in [1.165, 1.54) is 0 Å². The minimum atomic E-state index is -1.73. The van der Waals surface area contributed by atoms with E-state index in [1.54, 1.807) is 0 Å². The normalized spacial score (nSPS) is 29.2. The number of unbranched alkanes of at least 4 members (excludes halogenated alkanes) is 2. The second-order valence-electron chi connectivity index (χ2n) is 19.8. The fraction of sp³-hybridized carbons (Fsp3) is 0.812. The molecule has 4 saturated heterocycles. The van der Waals surface area contributed by atoms with Gasteiger partial charge in [0.05, 0.1) is 65.8 Å². The molecule has 0 saturated carbocycles. The second-order valence-corrected chi connectivity index (χ2v) is 19.8. The number of carbonyl (C=O) groups is 9. The monoisotopic (exact) mass is 1220 g/mol. The largest absolute Gasteiger partial charge is 0.394 e. The number of nitrogens with zero attached hydrogens (tertiary/aromatic N) is 2. The summed E-state index contributed by atoms with van der Waals surface area (Å²) >= 11 is 0. The van der Waals surface area contributed by atoms with Gasteiger partial charge in [-0.15, -0.1) is 5.06 Å². The zero-order chi connectivity index (χ0) is 62.0. The Bertz CT molecular complexity index is 2060. The molecule has 480 valence electrons. The van der Waals surface area contributed by atoms with E-state index in [0.717, 1.165) is 4.90 Å². The molecule has 0 aromatic carbocycles. The summed E-state index contributed by atoms with van der Waals surface area (Å²) in [6.07, 6.45) is -22.9. The zero-order valence-electron chi connectivity index (χ0n) is 45.8. The lowest BCUT2D eigenvalue weighted by Crippen LogP contribution is -2.59. The molecule has 0 aromatic rings. The molecule has 8 amide bonds. The highest BCUT2D eigenvalue weighted by atomic mass is 16.7. The number of aliphatic hydroxyl groups is 12. The first-order valence-electron chi connectivity index (χ1n) is 27.2. The predicted octanol–water partition coefficient (Wildman–Crippen LogP) is -11.9. The molecular weight excluding hydrogens is 1140 g/mol. The van der Waals surface area contributed by atoms with Crippen molar-refractivity contribution in [2.75, 3.05) is 92.0 Å². The first-order chi connectivity index (χ1) is 40.0. The Balaban J connectivity index is 1.30. The Kier molecular flexibility index (Phi) is 31.0. The number of amides is 8. The van der Waals surface area contributed by atoms with Crippen LogP contribution in [0.1, 0.15) is 57.8 Å². The van der Waals surface area contributed by atoms with Crippen LogP contribution < -0.4 is 31.9 Å². The van der Waals surface area contributed by atoms with E-state index in [1.807, 2.05) is 0 Å². The highest BCUT2D eigenvalue weighted by Crippen LogP contribution is 2.24. The summed E-state index contributed by atoms with van der Waals surface area (Å²) in [5.74, 6) is -6.54. The van der Waals surface area contributed by atoms with E-state index in [2.05, 4.69) is 31.9 Å². The minimum Gasteiger partial charge on any atom is -0.394 e. The number of imide groups is 1. The average molecular weight is 1220 g/mol. The molecule has 4 aliphatic heterocycles. The highest BCUT2D eigenvalue weighted by molar-refractivity contribution is 6.01. The first-order valence-corrected chi connectivity index (χ1v) is 27.2. The Morgan fingerprint density at radius 2 is 0.893 bits per heavy atom. The van der Waals surface area contributed by atoms with Crippen LogP contribution in [0.4, 0.5) is 0 Å². The Labute approximate surface area is 479 Å². The molecule has 4 aliphatic rings. The summed E-state index contributed by atoms with van der Waals surface area (Å²) in [6, 6.07) is -1.28. The van der Waals surface area contributed by atoms with Gasteiger partial charge in [0.25, 0.3) is 11.8 Å². The molecule has 0 spiro atoms. The molecule has 4 rings (SSSR count). The SMILES string of the molecule is O=C(CCCCC(=O)ON1C(=O)CCC1=O)NCCCC[C@H](NC(=O)CNC(=O)CN(CC(=O)NCCO[C@H]1O[C@H](CO)[C@@H](O)[C@H](O)[C@H]1O)CC(=O)NCCO[C@H]1O[C@H](CO)[C@@H](O)[C@H](O)[C@H]1O)C(=O)NCCO[C@H]1O[C@H](CO)[C@@H](O)[C@H](O)[C@@H]1O. The van der Waals surface area contributed by atoms with Crippen molar-refractivity contribution < 1.29 is 138 Å². The van der Waals surface area contributed by atoms with Crippen LogP contribution in [0.5, 0.6) is 0 Å². The molecular formula is C48H80N8O28. The molecule has 4 fully saturated rings. The predicted molar refractivity (Wildman–Crippen MR) is 272 cm³/mol. The van der Waals surface area contributed by atoms with E-state index < -0.39 is 191 Å². The maximum Gasteiger partial charge on any atom is 0.333 e. The number of hydrogen-bond acceptors (Lipinski definition) is 29. The van der Waals surface area contributed by atoms with Crippen molar-refractivity contribution in [3.8, 4) is 0 Å². The van der Waals surface area contributed by atoms with E-state index in [4.69, 9.17) is 33.3 Å². The van der Waals surface area contributed by atoms with Gasteiger partial charge in [-0.05, 0) is 32.1 Å². The van der Waals surface area contributed by atoms with E-state index >= 15 is 0 Å². The lowest BCUT2D eigenvalue weighted by molar-refractivity contribution is -0.300. The molecule has 18 N–H and O–H groups in total. The standard InChI is InChI=1S/C48H80N8O28/c57-21-25-36(68)39(71)42(74)46(81-25)78-14-11-50-30(62)18-55(19-31(63)51-12-15-79-47-43(75)40(72)37(69)26(22-58)82-47)20-32(64)53-17-29(61)54-24(45(77)52-13-16-80-48-44(76)41(73)38(70)27(23-59)83-48)5-3-4-10-49-28(60)6-1-2-7-35(67)84-56-33(65)8-9-34(56)66/h24-27,36-44,46-48,57-59,68-76H,1-23H2,(H,49,60)(H,50,62)(H,51,63)(H,52,77)(H,53,64)(H,54,61)/t24-,25+,26+,27+,36+,37+,38+,39-,40-,41-,42+,43+,44-,46-,47-,48-/m0/s1. The van der Waals surface area contributed by atoms with Gasteiger partial charge in [-0.3, -0.25) is 43.3 Å². The Hall–Kier alpha value is -5.33. The van der Waals surface area contributed by atoms with Crippen molar-refractivity contribution in [1.29, 1.82) is 0 Å². The van der Waals surface area contributed by atoms with Gasteiger partial charge in [0.15, 0.2) is 18.9 Å². The molecule has 0 unspecified atom stereocenters. The van der Waals surface area contributed by atoms with Crippen molar-refractivity contribution in [2.24, 2.45) is 0 Å². The smallest absolute Gasteiger partial charge is 0.333 e. The van der Waals surface area contributed by atoms with Gasteiger partial charge in [-0.2, -0.15) is 0 Å². The number of rotatable bonds is 36. The van der Waals surface area contributed by atoms with Gasteiger partial charge in [0, 0.05) is 51.9 Å². The zero-order valence-corrected chi connectivity index (χ0v) is 45.8. The number of ether oxygens (including phenoxy) is 6. The minimum absolute atomic E-state index is 0.0180. The number of hydrogen-bond donors (Lipinski definition) is 18. The maximum atomic E-state index is 13.5. The highest BCUT2D eigenvalue weighted by Gasteiger charge is 2.46. The molecule has 0 radical (unpaired) electrons.